The number of hydrogen-bond donors (Lipinski definition) is 1. The lowest BCUT2D eigenvalue weighted by Crippen LogP contribution is -2.34. The van der Waals surface area contributed by atoms with Crippen molar-refractivity contribution in [2.45, 2.75) is 24.3 Å². The molecule has 5 nitrogen and oxygen atoms in total. The van der Waals surface area contributed by atoms with Crippen molar-refractivity contribution in [3.8, 4) is 6.07 Å². The number of benzene rings is 1. The highest BCUT2D eigenvalue weighted by Crippen LogP contribution is 2.30. The van der Waals surface area contributed by atoms with Gasteiger partial charge in [0.15, 0.2) is 0 Å². The van der Waals surface area contributed by atoms with Crippen LogP contribution >= 0.6 is 11.6 Å². The number of halogens is 1. The van der Waals surface area contributed by atoms with Crippen LogP contribution in [0.3, 0.4) is 0 Å². The minimum atomic E-state index is -3.59. The van der Waals surface area contributed by atoms with Gasteiger partial charge in [-0.05, 0) is 44.0 Å². The number of nitrogens with zero attached hydrogens (tertiary/aromatic N) is 2. The quantitative estimate of drug-likeness (QED) is 0.917. The highest BCUT2D eigenvalue weighted by molar-refractivity contribution is 7.89. The molecule has 1 saturated heterocycles. The largest absolute Gasteiger partial charge is 0.330 e. The van der Waals surface area contributed by atoms with E-state index < -0.39 is 10.0 Å². The number of hydrogen-bond acceptors (Lipinski definition) is 4. The minimum Gasteiger partial charge on any atom is -0.330 e. The molecule has 0 aliphatic carbocycles. The molecule has 2 atom stereocenters. The monoisotopic (exact) mass is 313 g/mol. The van der Waals surface area contributed by atoms with Crippen molar-refractivity contribution in [2.75, 3.05) is 13.1 Å². The van der Waals surface area contributed by atoms with Gasteiger partial charge in [-0.2, -0.15) is 9.57 Å². The van der Waals surface area contributed by atoms with Gasteiger partial charge in [-0.1, -0.05) is 11.6 Å². The molecule has 0 amide bonds. The second-order valence-electron chi connectivity index (χ2n) is 5.01. The Kier molecular flexibility index (Phi) is 4.35. The summed E-state index contributed by atoms with van der Waals surface area (Å²) >= 11 is 5.91. The molecule has 2 unspecified atom stereocenters. The average Bonchev–Trinajstić information content (AvgIpc) is 2.80. The summed E-state index contributed by atoms with van der Waals surface area (Å²) in [5.41, 5.74) is 5.89. The van der Waals surface area contributed by atoms with Gasteiger partial charge in [-0.25, -0.2) is 8.42 Å². The van der Waals surface area contributed by atoms with Crippen LogP contribution in [0.5, 0.6) is 0 Å². The van der Waals surface area contributed by atoms with Gasteiger partial charge in [0.2, 0.25) is 10.0 Å². The van der Waals surface area contributed by atoms with E-state index in [0.29, 0.717) is 13.1 Å². The van der Waals surface area contributed by atoms with Gasteiger partial charge < -0.3 is 5.73 Å². The third kappa shape index (κ3) is 2.67. The van der Waals surface area contributed by atoms with Gasteiger partial charge in [0.25, 0.3) is 0 Å². The average molecular weight is 314 g/mol. The van der Waals surface area contributed by atoms with Crippen LogP contribution in [-0.4, -0.2) is 31.9 Å². The Labute approximate surface area is 124 Å². The second-order valence-corrected chi connectivity index (χ2v) is 7.31. The summed E-state index contributed by atoms with van der Waals surface area (Å²) in [6, 6.07) is 6.01. The summed E-state index contributed by atoms with van der Waals surface area (Å²) in [6.07, 6.45) is 0.764. The molecule has 1 aromatic carbocycles. The van der Waals surface area contributed by atoms with Crippen LogP contribution in [-0.2, 0) is 10.0 Å². The highest BCUT2D eigenvalue weighted by Gasteiger charge is 2.37. The van der Waals surface area contributed by atoms with E-state index in [2.05, 4.69) is 0 Å². The fraction of sp³-hybridized carbons (Fsp3) is 0.462. The molecule has 0 bridgehead atoms. The van der Waals surface area contributed by atoms with Crippen LogP contribution in [0.2, 0.25) is 5.02 Å². The van der Waals surface area contributed by atoms with E-state index >= 15 is 0 Å². The van der Waals surface area contributed by atoms with E-state index in [1.54, 1.807) is 0 Å². The van der Waals surface area contributed by atoms with Gasteiger partial charge in [0.1, 0.15) is 6.07 Å². The summed E-state index contributed by atoms with van der Waals surface area (Å²) in [5, 5.41) is 8.97. The van der Waals surface area contributed by atoms with Gasteiger partial charge in [0, 0.05) is 12.6 Å². The lowest BCUT2D eigenvalue weighted by molar-refractivity contribution is 0.404. The van der Waals surface area contributed by atoms with Gasteiger partial charge in [0.05, 0.1) is 15.5 Å². The number of rotatable bonds is 3. The molecule has 20 heavy (non-hydrogen) atoms. The number of nitriles is 1. The summed E-state index contributed by atoms with van der Waals surface area (Å²) < 4.78 is 26.7. The summed E-state index contributed by atoms with van der Waals surface area (Å²) in [4.78, 5) is 0.117. The molecule has 1 aromatic rings. The van der Waals surface area contributed by atoms with Crippen LogP contribution in [0.1, 0.15) is 18.9 Å². The van der Waals surface area contributed by atoms with Crippen molar-refractivity contribution in [2.24, 2.45) is 11.7 Å². The Hall–Kier alpha value is -1.13. The Morgan fingerprint density at radius 1 is 1.55 bits per heavy atom. The minimum absolute atomic E-state index is 0.0806. The first kappa shape index (κ1) is 15.3. The fourth-order valence-corrected chi connectivity index (χ4v) is 4.53. The molecule has 1 fully saturated rings. The summed E-state index contributed by atoms with van der Waals surface area (Å²) in [7, 11) is -3.59. The predicted molar refractivity (Wildman–Crippen MR) is 76.7 cm³/mol. The SMILES string of the molecule is CC1CC(CN)CN1S(=O)(=O)c1ccc(C#N)c(Cl)c1. The number of nitrogens with two attached hydrogens (primary N) is 1. The molecule has 0 spiro atoms. The molecule has 0 aromatic heterocycles. The number of sulfonamides is 1. The summed E-state index contributed by atoms with van der Waals surface area (Å²) in [5.74, 6) is 0.189. The summed E-state index contributed by atoms with van der Waals surface area (Å²) in [6.45, 7) is 2.78. The standard InChI is InChI=1S/C13H16ClN3O2S/c1-9-4-10(6-15)8-17(9)20(18,19)12-3-2-11(7-16)13(14)5-12/h2-3,5,9-10H,4,6,8,15H2,1H3. The molecular formula is C13H16ClN3O2S. The maximum Gasteiger partial charge on any atom is 0.243 e. The highest BCUT2D eigenvalue weighted by atomic mass is 35.5. The van der Waals surface area contributed by atoms with Crippen LogP contribution in [0.25, 0.3) is 0 Å². The zero-order valence-corrected chi connectivity index (χ0v) is 12.7. The van der Waals surface area contributed by atoms with Crippen molar-refractivity contribution in [1.29, 1.82) is 5.26 Å². The molecule has 2 N–H and O–H groups in total. The first-order valence-electron chi connectivity index (χ1n) is 6.31. The van der Waals surface area contributed by atoms with E-state index in [1.807, 2.05) is 13.0 Å². The first-order valence-corrected chi connectivity index (χ1v) is 8.13. The molecule has 0 saturated carbocycles. The van der Waals surface area contributed by atoms with E-state index in [9.17, 15) is 8.42 Å². The molecule has 7 heteroatoms. The van der Waals surface area contributed by atoms with E-state index in [-0.39, 0.29) is 27.4 Å². The third-order valence-corrected chi connectivity index (χ3v) is 5.89. The maximum absolute atomic E-state index is 12.6. The molecule has 1 aliphatic heterocycles. The molecular weight excluding hydrogens is 298 g/mol. The fourth-order valence-electron chi connectivity index (χ4n) is 2.50. The van der Waals surface area contributed by atoms with Crippen molar-refractivity contribution >= 4 is 21.6 Å². The topological polar surface area (TPSA) is 87.2 Å². The smallest absolute Gasteiger partial charge is 0.243 e. The van der Waals surface area contributed by atoms with Gasteiger partial charge in [-0.3, -0.25) is 0 Å². The van der Waals surface area contributed by atoms with Crippen molar-refractivity contribution in [1.82, 2.24) is 4.31 Å². The maximum atomic E-state index is 12.6. The Morgan fingerprint density at radius 3 is 2.75 bits per heavy atom. The second kappa shape index (κ2) is 5.70. The molecule has 1 aliphatic rings. The normalized spacial score (nSPS) is 23.7. The van der Waals surface area contributed by atoms with Crippen molar-refractivity contribution in [3.05, 3.63) is 28.8 Å². The van der Waals surface area contributed by atoms with E-state index in [4.69, 9.17) is 22.6 Å². The van der Waals surface area contributed by atoms with Gasteiger partial charge in [-0.15, -0.1) is 0 Å². The van der Waals surface area contributed by atoms with Crippen LogP contribution in [0.4, 0.5) is 0 Å². The third-order valence-electron chi connectivity index (χ3n) is 3.61. The molecule has 1 heterocycles. The van der Waals surface area contributed by atoms with Crippen molar-refractivity contribution in [3.63, 3.8) is 0 Å². The van der Waals surface area contributed by atoms with Crippen LogP contribution < -0.4 is 5.73 Å². The zero-order valence-electron chi connectivity index (χ0n) is 11.1. The zero-order chi connectivity index (χ0) is 14.9. The molecule has 108 valence electrons. The first-order chi connectivity index (χ1) is 9.40. The predicted octanol–water partition coefficient (Wildman–Crippen LogP) is 1.57. The molecule has 2 rings (SSSR count). The van der Waals surface area contributed by atoms with E-state index in [1.165, 1.54) is 22.5 Å². The Balaban J connectivity index is 2.36. The molecule has 0 radical (unpaired) electrons. The van der Waals surface area contributed by atoms with Gasteiger partial charge >= 0.3 is 0 Å². The lowest BCUT2D eigenvalue weighted by Gasteiger charge is -2.21. The Morgan fingerprint density at radius 2 is 2.25 bits per heavy atom. The van der Waals surface area contributed by atoms with Crippen LogP contribution in [0.15, 0.2) is 23.1 Å². The van der Waals surface area contributed by atoms with Crippen LogP contribution in [0, 0.1) is 17.2 Å². The van der Waals surface area contributed by atoms with Crippen molar-refractivity contribution < 1.29 is 8.42 Å². The Bertz CT molecular complexity index is 654. The lowest BCUT2D eigenvalue weighted by atomic mass is 10.1. The van der Waals surface area contributed by atoms with E-state index in [0.717, 1.165) is 6.42 Å².